The average Bonchev–Trinajstić information content (AvgIpc) is 2.73. The number of thioether (sulfide) groups is 1. The molecule has 8 heteroatoms. The second kappa shape index (κ2) is 6.87. The van der Waals surface area contributed by atoms with Crippen LogP contribution in [0.5, 0.6) is 0 Å². The smallest absolute Gasteiger partial charge is 0.310 e. The summed E-state index contributed by atoms with van der Waals surface area (Å²) >= 11 is 1.77. The summed E-state index contributed by atoms with van der Waals surface area (Å²) in [5.41, 5.74) is 1.61. The van der Waals surface area contributed by atoms with Crippen molar-refractivity contribution in [2.24, 2.45) is 0 Å². The maximum atomic E-state index is 12.9. The van der Waals surface area contributed by atoms with Gasteiger partial charge in [0.1, 0.15) is 17.9 Å². The monoisotopic (exact) mass is 360 g/mol. The molecule has 132 valence electrons. The normalized spacial score (nSPS) is 17.1. The molecule has 0 spiro atoms. The summed E-state index contributed by atoms with van der Waals surface area (Å²) in [6.45, 7) is 5.99. The third-order valence-electron chi connectivity index (χ3n) is 4.36. The molecule has 1 amide bonds. The summed E-state index contributed by atoms with van der Waals surface area (Å²) in [4.78, 5) is 26.5. The molecule has 0 aliphatic carbocycles. The van der Waals surface area contributed by atoms with Crippen LogP contribution in [0.2, 0.25) is 0 Å². The molecule has 1 aromatic carbocycles. The Morgan fingerprint density at radius 3 is 2.80 bits per heavy atom. The van der Waals surface area contributed by atoms with Gasteiger partial charge in [0, 0.05) is 16.7 Å². The predicted molar refractivity (Wildman–Crippen MR) is 97.1 cm³/mol. The lowest BCUT2D eigenvalue weighted by molar-refractivity contribution is -0.386. The number of amides is 1. The first-order valence-corrected chi connectivity index (χ1v) is 9.01. The van der Waals surface area contributed by atoms with E-state index in [4.69, 9.17) is 0 Å². The molecule has 0 fully saturated rings. The maximum Gasteiger partial charge on any atom is 0.312 e. The Kier molecular flexibility index (Phi) is 4.80. The predicted octanol–water partition coefficient (Wildman–Crippen LogP) is 3.33. The van der Waals surface area contributed by atoms with Crippen LogP contribution in [0.3, 0.4) is 0 Å². The molecule has 0 N–H and O–H groups in total. The molecule has 2 heterocycles. The molecule has 0 radical (unpaired) electrons. The summed E-state index contributed by atoms with van der Waals surface area (Å²) in [7, 11) is 0. The first-order valence-electron chi connectivity index (χ1n) is 8.13. The minimum Gasteiger partial charge on any atom is -0.310 e. The van der Waals surface area contributed by atoms with Crippen molar-refractivity contribution >= 4 is 29.0 Å². The number of aryl methyl sites for hydroxylation is 1. The molecular formula is C17H20N4O3S. The summed E-state index contributed by atoms with van der Waals surface area (Å²) < 4.78 is 1.43. The molecule has 1 aliphatic heterocycles. The summed E-state index contributed by atoms with van der Waals surface area (Å²) in [5, 5.41) is 15.8. The van der Waals surface area contributed by atoms with Gasteiger partial charge in [-0.05, 0) is 32.4 Å². The number of benzene rings is 1. The van der Waals surface area contributed by atoms with E-state index in [0.29, 0.717) is 23.2 Å². The van der Waals surface area contributed by atoms with Gasteiger partial charge in [0.2, 0.25) is 5.91 Å². The van der Waals surface area contributed by atoms with Crippen molar-refractivity contribution in [3.8, 4) is 0 Å². The van der Waals surface area contributed by atoms with Gasteiger partial charge in [-0.2, -0.15) is 5.10 Å². The van der Waals surface area contributed by atoms with Gasteiger partial charge in [-0.1, -0.05) is 19.1 Å². The van der Waals surface area contributed by atoms with Crippen molar-refractivity contribution in [1.82, 2.24) is 9.78 Å². The Morgan fingerprint density at radius 1 is 1.40 bits per heavy atom. The molecule has 25 heavy (non-hydrogen) atoms. The maximum absolute atomic E-state index is 12.9. The summed E-state index contributed by atoms with van der Waals surface area (Å²) in [6.07, 6.45) is 0.891. The third-order valence-corrected chi connectivity index (χ3v) is 5.59. The highest BCUT2D eigenvalue weighted by atomic mass is 32.2. The van der Waals surface area contributed by atoms with Gasteiger partial charge >= 0.3 is 5.69 Å². The first-order chi connectivity index (χ1) is 11.9. The number of carbonyl (C=O) groups excluding carboxylic acids is 1. The Labute approximate surface area is 150 Å². The Hall–Kier alpha value is -2.35. The quantitative estimate of drug-likeness (QED) is 0.619. The zero-order valence-corrected chi connectivity index (χ0v) is 15.2. The van der Waals surface area contributed by atoms with Crippen LogP contribution < -0.4 is 4.90 Å². The molecule has 1 unspecified atom stereocenters. The summed E-state index contributed by atoms with van der Waals surface area (Å²) in [5.74, 6) is -0.109. The molecule has 7 nitrogen and oxygen atoms in total. The van der Waals surface area contributed by atoms with Crippen LogP contribution in [0, 0.1) is 24.0 Å². The number of nitro groups is 1. The molecule has 3 rings (SSSR count). The Morgan fingerprint density at radius 2 is 2.12 bits per heavy atom. The van der Waals surface area contributed by atoms with Gasteiger partial charge in [0.25, 0.3) is 0 Å². The van der Waals surface area contributed by atoms with Crippen molar-refractivity contribution in [3.05, 3.63) is 45.8 Å². The minimum atomic E-state index is -0.446. The van der Waals surface area contributed by atoms with Crippen LogP contribution in [0.4, 0.5) is 11.4 Å². The lowest BCUT2D eigenvalue weighted by Crippen LogP contribution is -2.35. The fourth-order valence-electron chi connectivity index (χ4n) is 3.06. The van der Waals surface area contributed by atoms with Crippen LogP contribution in [-0.4, -0.2) is 32.4 Å². The first kappa shape index (κ1) is 17.5. The van der Waals surface area contributed by atoms with Gasteiger partial charge in [0.15, 0.2) is 0 Å². The zero-order valence-electron chi connectivity index (χ0n) is 14.4. The highest BCUT2D eigenvalue weighted by molar-refractivity contribution is 8.00. The van der Waals surface area contributed by atoms with Crippen LogP contribution >= 0.6 is 11.8 Å². The van der Waals surface area contributed by atoms with E-state index in [1.165, 1.54) is 4.68 Å². The SMILES string of the molecule is Cc1nn(CC(=O)N2CCC(C)Sc3ccccc32)c(C)c1[N+](=O)[O-]. The number of fused-ring (bicyclic) bond motifs is 1. The van der Waals surface area contributed by atoms with E-state index in [-0.39, 0.29) is 18.1 Å². The van der Waals surface area contributed by atoms with Crippen molar-refractivity contribution in [3.63, 3.8) is 0 Å². The fraction of sp³-hybridized carbons (Fsp3) is 0.412. The van der Waals surface area contributed by atoms with Crippen LogP contribution in [0.25, 0.3) is 0 Å². The highest BCUT2D eigenvalue weighted by Crippen LogP contribution is 2.37. The standard InChI is InChI=1S/C17H20N4O3S/c1-11-8-9-19(14-6-4-5-7-15(14)25-11)16(22)10-20-13(3)17(21(23)24)12(2)18-20/h4-7,11H,8-10H2,1-3H3. The Bertz CT molecular complexity index is 833. The van der Waals surface area contributed by atoms with E-state index in [1.54, 1.807) is 30.5 Å². The molecular weight excluding hydrogens is 340 g/mol. The van der Waals surface area contributed by atoms with E-state index in [2.05, 4.69) is 12.0 Å². The van der Waals surface area contributed by atoms with E-state index >= 15 is 0 Å². The lowest BCUT2D eigenvalue weighted by Gasteiger charge is -2.22. The van der Waals surface area contributed by atoms with Crippen molar-refractivity contribution in [2.75, 3.05) is 11.4 Å². The topological polar surface area (TPSA) is 81.3 Å². The van der Waals surface area contributed by atoms with Crippen LogP contribution in [0.1, 0.15) is 24.7 Å². The third kappa shape index (κ3) is 3.39. The van der Waals surface area contributed by atoms with Gasteiger partial charge in [0.05, 0.1) is 10.6 Å². The molecule has 1 atom stereocenters. The summed E-state index contributed by atoms with van der Waals surface area (Å²) in [6, 6.07) is 7.86. The zero-order chi connectivity index (χ0) is 18.1. The molecule has 1 aromatic heterocycles. The number of para-hydroxylation sites is 1. The van der Waals surface area contributed by atoms with Crippen molar-refractivity contribution < 1.29 is 9.72 Å². The minimum absolute atomic E-state index is 0.00606. The molecule has 2 aromatic rings. The number of rotatable bonds is 3. The lowest BCUT2D eigenvalue weighted by atomic mass is 10.2. The molecule has 1 aliphatic rings. The van der Waals surface area contributed by atoms with E-state index in [9.17, 15) is 14.9 Å². The number of nitrogens with zero attached hydrogens (tertiary/aromatic N) is 4. The number of anilines is 1. The van der Waals surface area contributed by atoms with E-state index in [1.807, 2.05) is 24.3 Å². The number of hydrogen-bond donors (Lipinski definition) is 0. The van der Waals surface area contributed by atoms with Gasteiger partial charge in [-0.3, -0.25) is 19.6 Å². The van der Waals surface area contributed by atoms with Gasteiger partial charge in [-0.15, -0.1) is 11.8 Å². The molecule has 0 saturated carbocycles. The number of hydrogen-bond acceptors (Lipinski definition) is 5. The second-order valence-corrected chi connectivity index (χ2v) is 7.64. The average molecular weight is 360 g/mol. The second-order valence-electron chi connectivity index (χ2n) is 6.16. The Balaban J connectivity index is 1.89. The van der Waals surface area contributed by atoms with Crippen LogP contribution in [-0.2, 0) is 11.3 Å². The van der Waals surface area contributed by atoms with E-state index in [0.717, 1.165) is 17.0 Å². The number of aromatic nitrogens is 2. The van der Waals surface area contributed by atoms with E-state index < -0.39 is 4.92 Å². The van der Waals surface area contributed by atoms with Crippen molar-refractivity contribution in [2.45, 2.75) is 43.9 Å². The highest BCUT2D eigenvalue weighted by Gasteiger charge is 2.27. The van der Waals surface area contributed by atoms with Crippen LogP contribution in [0.15, 0.2) is 29.2 Å². The number of carbonyl (C=O) groups is 1. The fourth-order valence-corrected chi connectivity index (χ4v) is 4.18. The van der Waals surface area contributed by atoms with Gasteiger partial charge in [-0.25, -0.2) is 0 Å². The molecule has 0 bridgehead atoms. The van der Waals surface area contributed by atoms with Gasteiger partial charge < -0.3 is 4.90 Å². The molecule has 0 saturated heterocycles. The van der Waals surface area contributed by atoms with Crippen molar-refractivity contribution in [1.29, 1.82) is 0 Å². The largest absolute Gasteiger partial charge is 0.312 e.